The molecule has 0 spiro atoms. The number of aliphatic hydroxyl groups excluding tert-OH is 1. The van der Waals surface area contributed by atoms with E-state index in [4.69, 9.17) is 37.0 Å². The van der Waals surface area contributed by atoms with E-state index in [1.165, 1.54) is 180 Å². The smallest absolute Gasteiger partial charge is 0.462 e. The van der Waals surface area contributed by atoms with Crippen molar-refractivity contribution in [2.45, 2.75) is 395 Å². The molecule has 0 aliphatic heterocycles. The molecule has 94 heavy (non-hydrogen) atoms. The Morgan fingerprint density at radius 1 is 0.298 bits per heavy atom. The highest BCUT2D eigenvalue weighted by atomic mass is 31.2. The molecule has 0 bridgehead atoms. The molecule has 0 aromatic heterocycles. The minimum absolute atomic E-state index is 0.102. The summed E-state index contributed by atoms with van der Waals surface area (Å²) >= 11 is 0. The van der Waals surface area contributed by atoms with E-state index in [9.17, 15) is 43.2 Å². The van der Waals surface area contributed by atoms with Crippen molar-refractivity contribution in [3.05, 3.63) is 0 Å². The average molecular weight is 1380 g/mol. The quantitative estimate of drug-likeness (QED) is 0.0222. The first-order chi connectivity index (χ1) is 45.1. The Morgan fingerprint density at radius 2 is 0.511 bits per heavy atom. The van der Waals surface area contributed by atoms with Crippen LogP contribution >= 0.6 is 15.6 Å². The van der Waals surface area contributed by atoms with Crippen molar-refractivity contribution >= 4 is 39.5 Å². The van der Waals surface area contributed by atoms with Crippen molar-refractivity contribution in [3.8, 4) is 0 Å². The van der Waals surface area contributed by atoms with Crippen LogP contribution in [-0.4, -0.2) is 96.7 Å². The number of esters is 4. The first-order valence-electron chi connectivity index (χ1n) is 38.7. The zero-order chi connectivity index (χ0) is 69.6. The second-order valence-corrected chi connectivity index (χ2v) is 31.6. The third-order valence-corrected chi connectivity index (χ3v) is 19.6. The monoisotopic (exact) mass is 1380 g/mol. The Balaban J connectivity index is 5.17. The summed E-state index contributed by atoms with van der Waals surface area (Å²) in [5.41, 5.74) is 0. The van der Waals surface area contributed by atoms with Crippen molar-refractivity contribution < 1.29 is 80.2 Å². The molecule has 0 fully saturated rings. The second-order valence-electron chi connectivity index (χ2n) is 28.7. The molecule has 4 unspecified atom stereocenters. The van der Waals surface area contributed by atoms with Crippen molar-refractivity contribution in [3.63, 3.8) is 0 Å². The lowest BCUT2D eigenvalue weighted by Gasteiger charge is -2.21. The van der Waals surface area contributed by atoms with Gasteiger partial charge in [0.1, 0.15) is 19.3 Å². The van der Waals surface area contributed by atoms with E-state index in [0.717, 1.165) is 114 Å². The minimum atomic E-state index is -4.96. The van der Waals surface area contributed by atoms with Gasteiger partial charge in [-0.2, -0.15) is 0 Å². The van der Waals surface area contributed by atoms with Gasteiger partial charge in [0.2, 0.25) is 0 Å². The predicted octanol–water partition coefficient (Wildman–Crippen LogP) is 21.7. The van der Waals surface area contributed by atoms with Gasteiger partial charge in [-0.05, 0) is 49.4 Å². The van der Waals surface area contributed by atoms with Gasteiger partial charge in [-0.1, -0.05) is 325 Å². The van der Waals surface area contributed by atoms with Crippen molar-refractivity contribution in [1.29, 1.82) is 0 Å². The summed E-state index contributed by atoms with van der Waals surface area (Å²) in [6.45, 7) is 14.1. The Hall–Kier alpha value is -1.94. The molecule has 0 heterocycles. The minimum Gasteiger partial charge on any atom is -0.462 e. The van der Waals surface area contributed by atoms with Crippen LogP contribution in [-0.2, 0) is 65.4 Å². The molecule has 6 atom stereocenters. The van der Waals surface area contributed by atoms with Gasteiger partial charge < -0.3 is 33.8 Å². The fourth-order valence-electron chi connectivity index (χ4n) is 11.3. The molecule has 17 nitrogen and oxygen atoms in total. The van der Waals surface area contributed by atoms with Gasteiger partial charge in [-0.15, -0.1) is 0 Å². The fourth-order valence-corrected chi connectivity index (χ4v) is 12.9. The van der Waals surface area contributed by atoms with E-state index in [1.54, 1.807) is 0 Å². The third-order valence-electron chi connectivity index (χ3n) is 17.7. The first kappa shape index (κ1) is 92.1. The van der Waals surface area contributed by atoms with E-state index in [-0.39, 0.29) is 25.7 Å². The van der Waals surface area contributed by atoms with Crippen molar-refractivity contribution in [1.82, 2.24) is 0 Å². The number of rotatable bonds is 72. The van der Waals surface area contributed by atoms with E-state index >= 15 is 0 Å². The van der Waals surface area contributed by atoms with Gasteiger partial charge in [-0.3, -0.25) is 37.3 Å². The number of phosphoric acid groups is 2. The summed E-state index contributed by atoms with van der Waals surface area (Å²) in [5, 5.41) is 10.6. The molecule has 558 valence electrons. The molecule has 0 aromatic rings. The van der Waals surface area contributed by atoms with Gasteiger partial charge in [0, 0.05) is 25.7 Å². The van der Waals surface area contributed by atoms with Crippen LogP contribution in [0.3, 0.4) is 0 Å². The molecule has 0 radical (unpaired) electrons. The third kappa shape index (κ3) is 67.3. The molecular formula is C75H146O17P2. The van der Waals surface area contributed by atoms with Crippen LogP contribution in [0.15, 0.2) is 0 Å². The molecular weight excluding hydrogens is 1230 g/mol. The lowest BCUT2D eigenvalue weighted by Crippen LogP contribution is -2.30. The number of ether oxygens (including phenoxy) is 4. The van der Waals surface area contributed by atoms with Crippen LogP contribution in [0.4, 0.5) is 0 Å². The lowest BCUT2D eigenvalue weighted by atomic mass is 10.00. The number of carbonyl (C=O) groups is 4. The molecule has 0 aliphatic rings. The van der Waals surface area contributed by atoms with E-state index in [1.807, 2.05) is 0 Å². The van der Waals surface area contributed by atoms with Gasteiger partial charge in [0.05, 0.1) is 26.4 Å². The summed E-state index contributed by atoms with van der Waals surface area (Å²) < 4.78 is 68.4. The normalized spacial score (nSPS) is 14.4. The van der Waals surface area contributed by atoms with E-state index in [2.05, 4.69) is 55.4 Å². The first-order valence-corrected chi connectivity index (χ1v) is 41.7. The Morgan fingerprint density at radius 3 is 0.755 bits per heavy atom. The zero-order valence-corrected chi connectivity index (χ0v) is 63.4. The number of phosphoric ester groups is 2. The van der Waals surface area contributed by atoms with Crippen LogP contribution in [0, 0.1) is 23.7 Å². The molecule has 0 rings (SSSR count). The summed E-state index contributed by atoms with van der Waals surface area (Å²) in [6, 6.07) is 0. The van der Waals surface area contributed by atoms with Crippen molar-refractivity contribution in [2.75, 3.05) is 39.6 Å². The molecule has 0 amide bonds. The second kappa shape index (κ2) is 64.4. The SMILES string of the molecule is CCC(C)CCCCCCCCC(=O)O[C@H](COC(=O)CCCCCCCCCCC(C)C)COP(=O)(O)OCC(O)COP(=O)(O)OC[C@@H](COC(=O)CCCCCCCCCCCCCCCCCCCCC(C)C)OC(=O)CCCCCCCCCCCC(C)C. The van der Waals surface area contributed by atoms with Crippen LogP contribution in [0.5, 0.6) is 0 Å². The highest BCUT2D eigenvalue weighted by molar-refractivity contribution is 7.47. The fraction of sp³-hybridized carbons (Fsp3) is 0.947. The van der Waals surface area contributed by atoms with Crippen molar-refractivity contribution in [2.24, 2.45) is 23.7 Å². The molecule has 19 heteroatoms. The molecule has 0 aromatic carbocycles. The number of carbonyl (C=O) groups excluding carboxylic acids is 4. The Kier molecular flexibility index (Phi) is 63.1. The van der Waals surface area contributed by atoms with Crippen LogP contribution in [0.2, 0.25) is 0 Å². The summed E-state index contributed by atoms with van der Waals surface area (Å²) in [4.78, 5) is 72.7. The molecule has 0 saturated heterocycles. The highest BCUT2D eigenvalue weighted by Crippen LogP contribution is 2.45. The van der Waals surface area contributed by atoms with Gasteiger partial charge in [0.25, 0.3) is 0 Å². The van der Waals surface area contributed by atoms with Crippen LogP contribution in [0.25, 0.3) is 0 Å². The van der Waals surface area contributed by atoms with Gasteiger partial charge in [-0.25, -0.2) is 9.13 Å². The molecule has 0 saturated carbocycles. The number of unbranched alkanes of at least 4 members (excludes halogenated alkanes) is 37. The summed E-state index contributed by atoms with van der Waals surface area (Å²) in [6.07, 6.45) is 48.9. The molecule has 3 N–H and O–H groups in total. The maximum Gasteiger partial charge on any atom is 0.472 e. The zero-order valence-electron chi connectivity index (χ0n) is 61.6. The molecule has 0 aliphatic carbocycles. The average Bonchev–Trinajstić information content (AvgIpc) is 1.07. The highest BCUT2D eigenvalue weighted by Gasteiger charge is 2.30. The Labute approximate surface area is 575 Å². The Bertz CT molecular complexity index is 1850. The van der Waals surface area contributed by atoms with Crippen LogP contribution in [0.1, 0.15) is 376 Å². The number of hydrogen-bond acceptors (Lipinski definition) is 15. The van der Waals surface area contributed by atoms with E-state index < -0.39 is 97.5 Å². The maximum absolute atomic E-state index is 13.1. The summed E-state index contributed by atoms with van der Waals surface area (Å²) in [7, 11) is -9.91. The number of hydrogen-bond donors (Lipinski definition) is 3. The van der Waals surface area contributed by atoms with Gasteiger partial charge in [0.15, 0.2) is 12.2 Å². The predicted molar refractivity (Wildman–Crippen MR) is 381 cm³/mol. The van der Waals surface area contributed by atoms with Crippen LogP contribution < -0.4 is 0 Å². The number of aliphatic hydroxyl groups is 1. The largest absolute Gasteiger partial charge is 0.472 e. The maximum atomic E-state index is 13.1. The van der Waals surface area contributed by atoms with Gasteiger partial charge >= 0.3 is 39.5 Å². The van der Waals surface area contributed by atoms with E-state index in [0.29, 0.717) is 25.7 Å². The summed E-state index contributed by atoms with van der Waals surface area (Å²) in [5.74, 6) is 0.879. The topological polar surface area (TPSA) is 237 Å². The standard InChI is InChI=1S/C75H146O17P2/c1-9-68(8)54-46-38-33-34-42-50-58-75(80)92-71(62-86-73(78)56-48-40-31-26-25-29-37-45-53-67(6)7)64-90-94(83,84)88-60-69(76)59-87-93(81,82)89-63-70(91-74(79)57-49-41-32-24-20-22-28-36-44-52-66(4)5)61-85-72(77)55-47-39-30-23-19-17-15-13-11-10-12-14-16-18-21-27-35-43-51-65(2)3/h65-71,76H,9-64H2,1-8H3,(H,81,82)(H,83,84)/t68?,69?,70-,71-/m1/s1. The lowest BCUT2D eigenvalue weighted by molar-refractivity contribution is -0.161.